The van der Waals surface area contributed by atoms with Crippen molar-refractivity contribution in [2.24, 2.45) is 5.73 Å². The molecule has 0 spiro atoms. The molecule has 178 valence electrons. The van der Waals surface area contributed by atoms with E-state index < -0.39 is 25.8 Å². The third-order valence-electron chi connectivity index (χ3n) is 5.01. The molecular weight excluding hydrogens is 435 g/mol. The molecule has 0 bridgehead atoms. The minimum atomic E-state index is -4.65. The van der Waals surface area contributed by atoms with E-state index in [0.29, 0.717) is 24.9 Å². The Balaban J connectivity index is 2.29. The van der Waals surface area contributed by atoms with Crippen molar-refractivity contribution in [1.82, 2.24) is 4.98 Å². The molecule has 2 aromatic carbocycles. The summed E-state index contributed by atoms with van der Waals surface area (Å²) in [4.78, 5) is 4.33. The molecule has 0 aliphatic heterocycles. The van der Waals surface area contributed by atoms with Crippen LogP contribution in [0.2, 0.25) is 0 Å². The van der Waals surface area contributed by atoms with Gasteiger partial charge in [0.25, 0.3) is 0 Å². The van der Waals surface area contributed by atoms with Crippen LogP contribution in [0.25, 0.3) is 10.9 Å². The standard InChI is InChI=1S/C24H28F3N3O3/c1-14-11-20(32-4)30-22-18(29-15(2)7-6-10-28)13-19(31-3)23(21(14)22)33-17-9-5-8-16(12-17)24(25,26)27/h5,8-9,11-13,15,29H,6-7,10,28H2,1-4H3/i3D3,4D3. The van der Waals surface area contributed by atoms with Gasteiger partial charge in [0.2, 0.25) is 5.88 Å². The number of nitrogens with two attached hydrogens (primary N) is 1. The molecule has 0 amide bonds. The average molecular weight is 470 g/mol. The summed E-state index contributed by atoms with van der Waals surface area (Å²) in [5, 5.41) is 3.38. The molecule has 0 saturated heterocycles. The first-order chi connectivity index (χ1) is 18.0. The number of aromatic nitrogens is 1. The number of rotatable bonds is 9. The smallest absolute Gasteiger partial charge is 0.416 e. The Hall–Kier alpha value is -3.20. The summed E-state index contributed by atoms with van der Waals surface area (Å²) in [6.45, 7) is 3.86. The lowest BCUT2D eigenvalue weighted by atomic mass is 10.1. The Bertz CT molecular complexity index is 1320. The van der Waals surface area contributed by atoms with Crippen molar-refractivity contribution in [3.8, 4) is 23.1 Å². The first kappa shape index (κ1) is 17.3. The van der Waals surface area contributed by atoms with Crippen LogP contribution >= 0.6 is 0 Å². The largest absolute Gasteiger partial charge is 0.493 e. The first-order valence-electron chi connectivity index (χ1n) is 13.1. The summed E-state index contributed by atoms with van der Waals surface area (Å²) in [6, 6.07) is 6.47. The predicted octanol–water partition coefficient (Wildman–Crippen LogP) is 5.91. The quantitative estimate of drug-likeness (QED) is 0.406. The van der Waals surface area contributed by atoms with Gasteiger partial charge in [0.05, 0.1) is 38.9 Å². The highest BCUT2D eigenvalue weighted by Crippen LogP contribution is 2.45. The number of pyridine rings is 1. The Labute approximate surface area is 199 Å². The Kier molecular flexibility index (Phi) is 5.33. The second kappa shape index (κ2) is 10.2. The van der Waals surface area contributed by atoms with Crippen LogP contribution < -0.4 is 25.3 Å². The van der Waals surface area contributed by atoms with Crippen LogP contribution in [0.15, 0.2) is 36.4 Å². The number of ether oxygens (including phenoxy) is 3. The van der Waals surface area contributed by atoms with Gasteiger partial charge in [0.15, 0.2) is 11.5 Å². The fourth-order valence-corrected chi connectivity index (χ4v) is 3.47. The number of aryl methyl sites for hydroxylation is 1. The van der Waals surface area contributed by atoms with Gasteiger partial charge in [-0.05, 0) is 57.0 Å². The van der Waals surface area contributed by atoms with Crippen LogP contribution in [-0.2, 0) is 6.18 Å². The van der Waals surface area contributed by atoms with Gasteiger partial charge in [-0.25, -0.2) is 4.98 Å². The van der Waals surface area contributed by atoms with E-state index in [4.69, 9.17) is 28.2 Å². The normalized spacial score (nSPS) is 15.9. The van der Waals surface area contributed by atoms with Crippen molar-refractivity contribution in [1.29, 1.82) is 0 Å². The zero-order valence-corrected chi connectivity index (χ0v) is 18.0. The number of benzene rings is 2. The summed E-state index contributed by atoms with van der Waals surface area (Å²) >= 11 is 0. The molecule has 1 aromatic heterocycles. The Morgan fingerprint density at radius 1 is 1.18 bits per heavy atom. The number of hydrogen-bond acceptors (Lipinski definition) is 6. The van der Waals surface area contributed by atoms with Gasteiger partial charge in [-0.2, -0.15) is 13.2 Å². The Morgan fingerprint density at radius 2 is 1.97 bits per heavy atom. The van der Waals surface area contributed by atoms with Crippen LogP contribution in [0.4, 0.5) is 18.9 Å². The SMILES string of the molecule is [2H]C([2H])([2H])Oc1cc(C)c2c(Oc3cccc(C(F)(F)F)c3)c(OC([2H])([2H])[2H])cc(NC(C)CCCN)c2n1. The summed E-state index contributed by atoms with van der Waals surface area (Å²) in [5.41, 5.74) is 5.37. The van der Waals surface area contributed by atoms with E-state index in [1.54, 1.807) is 6.92 Å². The van der Waals surface area contributed by atoms with Crippen molar-refractivity contribution in [3.05, 3.63) is 47.5 Å². The fourth-order valence-electron chi connectivity index (χ4n) is 3.47. The maximum atomic E-state index is 13.3. The maximum Gasteiger partial charge on any atom is 0.416 e. The monoisotopic (exact) mass is 469 g/mol. The van der Waals surface area contributed by atoms with Crippen molar-refractivity contribution in [3.63, 3.8) is 0 Å². The molecule has 3 rings (SSSR count). The number of nitrogens with zero attached hydrogens (tertiary/aromatic N) is 1. The molecule has 0 aliphatic rings. The number of fused-ring (bicyclic) bond motifs is 1. The second-order valence-electron chi connectivity index (χ2n) is 7.56. The molecule has 3 aromatic rings. The minimum Gasteiger partial charge on any atom is -0.493 e. The van der Waals surface area contributed by atoms with Gasteiger partial charge in [-0.15, -0.1) is 0 Å². The molecule has 1 heterocycles. The zero-order chi connectivity index (χ0) is 29.2. The van der Waals surface area contributed by atoms with Gasteiger partial charge < -0.3 is 25.3 Å². The summed E-state index contributed by atoms with van der Waals surface area (Å²) in [6.07, 6.45) is -3.33. The van der Waals surface area contributed by atoms with Crippen LogP contribution in [0, 0.1) is 6.92 Å². The van der Waals surface area contributed by atoms with E-state index in [1.807, 2.05) is 6.92 Å². The highest BCUT2D eigenvalue weighted by atomic mass is 19.4. The molecule has 9 heteroatoms. The van der Waals surface area contributed by atoms with Crippen molar-refractivity contribution in [2.75, 3.05) is 25.9 Å². The minimum absolute atomic E-state index is 0.133. The first-order valence-corrected chi connectivity index (χ1v) is 10.1. The fraction of sp³-hybridized carbons (Fsp3) is 0.375. The molecular formula is C24H28F3N3O3. The van der Waals surface area contributed by atoms with E-state index in [2.05, 4.69) is 10.3 Å². The third kappa shape index (κ3) is 5.60. The maximum absolute atomic E-state index is 13.3. The highest BCUT2D eigenvalue weighted by molar-refractivity contribution is 6.00. The van der Waals surface area contributed by atoms with Gasteiger partial charge >= 0.3 is 6.18 Å². The van der Waals surface area contributed by atoms with Crippen LogP contribution in [-0.4, -0.2) is 31.6 Å². The summed E-state index contributed by atoms with van der Waals surface area (Å²) in [7, 11) is -5.75. The van der Waals surface area contributed by atoms with E-state index in [1.165, 1.54) is 18.2 Å². The molecule has 1 atom stereocenters. The zero-order valence-electron chi connectivity index (χ0n) is 24.0. The van der Waals surface area contributed by atoms with E-state index in [9.17, 15) is 13.2 Å². The molecule has 33 heavy (non-hydrogen) atoms. The van der Waals surface area contributed by atoms with E-state index in [0.717, 1.165) is 18.2 Å². The second-order valence-corrected chi connectivity index (χ2v) is 7.56. The lowest BCUT2D eigenvalue weighted by Gasteiger charge is -2.21. The van der Waals surface area contributed by atoms with Gasteiger partial charge in [-0.3, -0.25) is 0 Å². The molecule has 0 saturated carbocycles. The third-order valence-corrected chi connectivity index (χ3v) is 5.01. The van der Waals surface area contributed by atoms with Crippen LogP contribution in [0.1, 0.15) is 39.1 Å². The number of nitrogens with one attached hydrogen (secondary N) is 1. The number of halogens is 3. The van der Waals surface area contributed by atoms with Crippen molar-refractivity contribution >= 4 is 16.6 Å². The highest BCUT2D eigenvalue weighted by Gasteiger charge is 2.31. The molecule has 0 radical (unpaired) electrons. The number of methoxy groups -OCH3 is 2. The van der Waals surface area contributed by atoms with Crippen LogP contribution in [0.3, 0.4) is 0 Å². The molecule has 0 fully saturated rings. The van der Waals surface area contributed by atoms with Crippen molar-refractivity contribution in [2.45, 2.75) is 38.9 Å². The molecule has 0 aliphatic carbocycles. The van der Waals surface area contributed by atoms with Crippen molar-refractivity contribution < 1.29 is 35.6 Å². The lowest BCUT2D eigenvalue weighted by molar-refractivity contribution is -0.137. The van der Waals surface area contributed by atoms with Gasteiger partial charge in [-0.1, -0.05) is 6.07 Å². The lowest BCUT2D eigenvalue weighted by Crippen LogP contribution is -2.17. The molecule has 3 N–H and O–H groups in total. The number of alkyl halides is 3. The molecule has 6 nitrogen and oxygen atoms in total. The molecule has 1 unspecified atom stereocenters. The topological polar surface area (TPSA) is 78.6 Å². The number of anilines is 1. The average Bonchev–Trinajstić information content (AvgIpc) is 2.77. The predicted molar refractivity (Wildman–Crippen MR) is 122 cm³/mol. The summed E-state index contributed by atoms with van der Waals surface area (Å²) < 4.78 is 101. The van der Waals surface area contributed by atoms with E-state index >= 15 is 0 Å². The van der Waals surface area contributed by atoms with Gasteiger partial charge in [0.1, 0.15) is 11.3 Å². The van der Waals surface area contributed by atoms with Crippen LogP contribution in [0.5, 0.6) is 23.1 Å². The number of hydrogen-bond donors (Lipinski definition) is 2. The van der Waals surface area contributed by atoms with Gasteiger partial charge in [0, 0.05) is 18.2 Å². The van der Waals surface area contributed by atoms with E-state index in [-0.39, 0.29) is 45.8 Å². The Morgan fingerprint density at radius 3 is 2.67 bits per heavy atom. The summed E-state index contributed by atoms with van der Waals surface area (Å²) in [5.74, 6) is -0.984.